The van der Waals surface area contributed by atoms with Gasteiger partial charge in [-0.25, -0.2) is 8.78 Å². The van der Waals surface area contributed by atoms with Gasteiger partial charge in [-0.1, -0.05) is 6.07 Å². The Morgan fingerprint density at radius 2 is 1.76 bits per heavy atom. The van der Waals surface area contributed by atoms with E-state index in [1.165, 1.54) is 12.1 Å². The number of benzene rings is 1. The van der Waals surface area contributed by atoms with Crippen LogP contribution in [0.1, 0.15) is 39.2 Å². The van der Waals surface area contributed by atoms with Crippen molar-refractivity contribution in [3.8, 4) is 0 Å². The molecule has 1 rings (SSSR count). The fourth-order valence-electron chi connectivity index (χ4n) is 1.61. The van der Waals surface area contributed by atoms with Gasteiger partial charge in [-0.05, 0) is 64.3 Å². The van der Waals surface area contributed by atoms with Gasteiger partial charge >= 0.3 is 0 Å². The summed E-state index contributed by atoms with van der Waals surface area (Å²) in [4.78, 5) is 0. The van der Waals surface area contributed by atoms with Gasteiger partial charge in [0.1, 0.15) is 0 Å². The van der Waals surface area contributed by atoms with Gasteiger partial charge in [0.05, 0.1) is 0 Å². The third kappa shape index (κ3) is 5.78. The number of rotatable bonds is 5. The maximum absolute atomic E-state index is 12.9. The first-order valence-electron chi connectivity index (χ1n) is 6.07. The lowest BCUT2D eigenvalue weighted by atomic mass is 10.1. The molecule has 0 unspecified atom stereocenters. The molecule has 1 aromatic carbocycles. The Kier molecular flexibility index (Phi) is 5.06. The Morgan fingerprint density at radius 3 is 2.35 bits per heavy atom. The third-order valence-electron chi connectivity index (χ3n) is 2.53. The molecule has 0 aliphatic heterocycles. The molecule has 0 bridgehead atoms. The molecule has 1 nitrogen and oxygen atoms in total. The van der Waals surface area contributed by atoms with E-state index in [4.69, 9.17) is 0 Å². The second-order valence-corrected chi connectivity index (χ2v) is 5.38. The summed E-state index contributed by atoms with van der Waals surface area (Å²) >= 11 is 0. The Balaban J connectivity index is 2.25. The van der Waals surface area contributed by atoms with Crippen molar-refractivity contribution in [2.75, 3.05) is 6.54 Å². The molecule has 0 atom stereocenters. The third-order valence-corrected chi connectivity index (χ3v) is 2.53. The lowest BCUT2D eigenvalue weighted by Gasteiger charge is -2.20. The lowest BCUT2D eigenvalue weighted by molar-refractivity contribution is 0.418. The first-order valence-corrected chi connectivity index (χ1v) is 6.07. The van der Waals surface area contributed by atoms with Crippen molar-refractivity contribution in [1.82, 2.24) is 5.32 Å². The second-order valence-electron chi connectivity index (χ2n) is 5.38. The van der Waals surface area contributed by atoms with Crippen molar-refractivity contribution in [1.29, 1.82) is 0 Å². The highest BCUT2D eigenvalue weighted by molar-refractivity contribution is 5.17. The van der Waals surface area contributed by atoms with E-state index in [1.807, 2.05) is 0 Å². The number of halogens is 2. The van der Waals surface area contributed by atoms with Crippen LogP contribution in [0.5, 0.6) is 0 Å². The van der Waals surface area contributed by atoms with Crippen molar-refractivity contribution >= 4 is 0 Å². The maximum atomic E-state index is 12.9. The minimum Gasteiger partial charge on any atom is -0.312 e. The molecule has 0 saturated heterocycles. The van der Waals surface area contributed by atoms with E-state index in [-0.39, 0.29) is 5.54 Å². The molecule has 0 aliphatic rings. The SMILES string of the molecule is CC(C)(C)NCCCCc1ccc(F)c(F)c1. The van der Waals surface area contributed by atoms with Crippen molar-refractivity contribution in [2.24, 2.45) is 0 Å². The molecular formula is C14H21F2N. The van der Waals surface area contributed by atoms with Gasteiger partial charge in [-0.2, -0.15) is 0 Å². The average molecular weight is 241 g/mol. The molecule has 0 aromatic heterocycles. The number of aryl methyl sites for hydroxylation is 1. The first-order chi connectivity index (χ1) is 7.88. The maximum Gasteiger partial charge on any atom is 0.159 e. The second kappa shape index (κ2) is 6.10. The van der Waals surface area contributed by atoms with Crippen molar-refractivity contribution in [3.05, 3.63) is 35.4 Å². The summed E-state index contributed by atoms with van der Waals surface area (Å²) in [6, 6.07) is 4.13. The van der Waals surface area contributed by atoms with E-state index in [9.17, 15) is 8.78 Å². The Morgan fingerprint density at radius 1 is 1.06 bits per heavy atom. The number of unbranched alkanes of at least 4 members (excludes halogenated alkanes) is 1. The topological polar surface area (TPSA) is 12.0 Å². The van der Waals surface area contributed by atoms with Gasteiger partial charge in [-0.15, -0.1) is 0 Å². The minimum atomic E-state index is -0.775. The summed E-state index contributed by atoms with van der Waals surface area (Å²) in [5.41, 5.74) is 1.00. The van der Waals surface area contributed by atoms with E-state index in [2.05, 4.69) is 26.1 Å². The van der Waals surface area contributed by atoms with Gasteiger partial charge < -0.3 is 5.32 Å². The molecule has 3 heteroatoms. The molecule has 0 fully saturated rings. The summed E-state index contributed by atoms with van der Waals surface area (Å²) in [6.45, 7) is 7.33. The van der Waals surface area contributed by atoms with Gasteiger partial charge in [0.25, 0.3) is 0 Å². The zero-order valence-electron chi connectivity index (χ0n) is 10.8. The van der Waals surface area contributed by atoms with Crippen LogP contribution in [-0.2, 0) is 6.42 Å². The number of hydrogen-bond acceptors (Lipinski definition) is 1. The van der Waals surface area contributed by atoms with Crippen LogP contribution >= 0.6 is 0 Å². The van der Waals surface area contributed by atoms with Gasteiger partial charge in [0, 0.05) is 5.54 Å². The number of hydrogen-bond donors (Lipinski definition) is 1. The van der Waals surface area contributed by atoms with Gasteiger partial charge in [0.2, 0.25) is 0 Å². The molecule has 1 N–H and O–H groups in total. The molecule has 0 aliphatic carbocycles. The van der Waals surface area contributed by atoms with Gasteiger partial charge in [-0.3, -0.25) is 0 Å². The molecule has 0 heterocycles. The standard InChI is InChI=1S/C14H21F2N/c1-14(2,3)17-9-5-4-6-11-7-8-12(15)13(16)10-11/h7-8,10,17H,4-6,9H2,1-3H3. The molecule has 17 heavy (non-hydrogen) atoms. The summed E-state index contributed by atoms with van der Waals surface area (Å²) in [6.07, 6.45) is 2.81. The highest BCUT2D eigenvalue weighted by Gasteiger charge is 2.07. The van der Waals surface area contributed by atoms with Crippen LogP contribution in [0.2, 0.25) is 0 Å². The average Bonchev–Trinajstić information content (AvgIpc) is 2.21. The van der Waals surface area contributed by atoms with Crippen LogP contribution in [0.4, 0.5) is 8.78 Å². The largest absolute Gasteiger partial charge is 0.312 e. The van der Waals surface area contributed by atoms with Crippen LogP contribution in [0.15, 0.2) is 18.2 Å². The number of nitrogens with one attached hydrogen (secondary N) is 1. The van der Waals surface area contributed by atoms with Crippen molar-refractivity contribution in [2.45, 2.75) is 45.6 Å². The van der Waals surface area contributed by atoms with Crippen molar-refractivity contribution < 1.29 is 8.78 Å². The van der Waals surface area contributed by atoms with E-state index < -0.39 is 11.6 Å². The molecule has 96 valence electrons. The first kappa shape index (κ1) is 14.1. The zero-order valence-corrected chi connectivity index (χ0v) is 10.8. The van der Waals surface area contributed by atoms with E-state index in [1.54, 1.807) is 6.07 Å². The lowest BCUT2D eigenvalue weighted by Crippen LogP contribution is -2.36. The highest BCUT2D eigenvalue weighted by Crippen LogP contribution is 2.11. The molecular weight excluding hydrogens is 220 g/mol. The molecule has 0 saturated carbocycles. The Hall–Kier alpha value is -0.960. The van der Waals surface area contributed by atoms with E-state index in [0.717, 1.165) is 31.4 Å². The highest BCUT2D eigenvalue weighted by atomic mass is 19.2. The minimum absolute atomic E-state index is 0.141. The van der Waals surface area contributed by atoms with Gasteiger partial charge in [0.15, 0.2) is 11.6 Å². The quantitative estimate of drug-likeness (QED) is 0.775. The zero-order chi connectivity index (χ0) is 12.9. The summed E-state index contributed by atoms with van der Waals surface area (Å²) < 4.78 is 25.6. The summed E-state index contributed by atoms with van der Waals surface area (Å²) in [5.74, 6) is -1.53. The predicted molar refractivity (Wildman–Crippen MR) is 67.1 cm³/mol. The molecule has 0 radical (unpaired) electrons. The van der Waals surface area contributed by atoms with Crippen LogP contribution in [0.25, 0.3) is 0 Å². The fraction of sp³-hybridized carbons (Fsp3) is 0.571. The monoisotopic (exact) mass is 241 g/mol. The van der Waals surface area contributed by atoms with Crippen LogP contribution in [0, 0.1) is 11.6 Å². The fourth-order valence-corrected chi connectivity index (χ4v) is 1.61. The van der Waals surface area contributed by atoms with Crippen LogP contribution < -0.4 is 5.32 Å². The molecule has 0 spiro atoms. The van der Waals surface area contributed by atoms with E-state index in [0.29, 0.717) is 0 Å². The molecule has 1 aromatic rings. The summed E-state index contributed by atoms with van der Waals surface area (Å²) in [5, 5.41) is 3.39. The smallest absolute Gasteiger partial charge is 0.159 e. The summed E-state index contributed by atoms with van der Waals surface area (Å²) in [7, 11) is 0. The van der Waals surface area contributed by atoms with E-state index >= 15 is 0 Å². The molecule has 0 amide bonds. The van der Waals surface area contributed by atoms with Crippen molar-refractivity contribution in [3.63, 3.8) is 0 Å². The Bertz CT molecular complexity index is 356. The normalized spacial score (nSPS) is 11.8. The van der Waals surface area contributed by atoms with Crippen LogP contribution in [0.3, 0.4) is 0 Å². The predicted octanol–water partition coefficient (Wildman–Crippen LogP) is 3.68. The van der Waals surface area contributed by atoms with Crippen LogP contribution in [-0.4, -0.2) is 12.1 Å². The Labute approximate surface area is 102 Å².